The van der Waals surface area contributed by atoms with Crippen LogP contribution in [0.4, 0.5) is 5.13 Å². The molecule has 2 rings (SSSR count). The highest BCUT2D eigenvalue weighted by atomic mass is 32.1. The van der Waals surface area contributed by atoms with Gasteiger partial charge in [-0.15, -0.1) is 11.3 Å². The molecule has 1 fully saturated rings. The van der Waals surface area contributed by atoms with E-state index in [0.717, 1.165) is 18.5 Å². The van der Waals surface area contributed by atoms with E-state index < -0.39 is 5.54 Å². The number of rotatable bonds is 3. The highest BCUT2D eigenvalue weighted by molar-refractivity contribution is 7.13. The van der Waals surface area contributed by atoms with Gasteiger partial charge in [0.05, 0.1) is 11.2 Å². The van der Waals surface area contributed by atoms with Crippen molar-refractivity contribution in [2.45, 2.75) is 38.1 Å². The Balaban J connectivity index is 2.01. The van der Waals surface area contributed by atoms with E-state index in [-0.39, 0.29) is 5.91 Å². The molecule has 3 N–H and O–H groups in total. The third-order valence-corrected chi connectivity index (χ3v) is 3.35. The first-order chi connectivity index (χ1) is 7.01. The highest BCUT2D eigenvalue weighted by Gasteiger charge is 2.46. The predicted molar refractivity (Wildman–Crippen MR) is 61.0 cm³/mol. The number of hydrogen-bond acceptors (Lipinski definition) is 4. The number of anilines is 1. The van der Waals surface area contributed by atoms with Crippen molar-refractivity contribution in [2.24, 2.45) is 5.73 Å². The topological polar surface area (TPSA) is 68.0 Å². The SMILES string of the molecule is CC(C)c1csc(NC(=O)C2(N)CC2)n1. The van der Waals surface area contributed by atoms with E-state index in [2.05, 4.69) is 24.1 Å². The molecule has 0 radical (unpaired) electrons. The van der Waals surface area contributed by atoms with Crippen LogP contribution in [-0.4, -0.2) is 16.4 Å². The Morgan fingerprint density at radius 3 is 2.80 bits per heavy atom. The summed E-state index contributed by atoms with van der Waals surface area (Å²) in [6.45, 7) is 4.15. The van der Waals surface area contributed by atoms with Crippen molar-refractivity contribution in [1.29, 1.82) is 0 Å². The number of carbonyl (C=O) groups excluding carboxylic acids is 1. The number of aromatic nitrogens is 1. The molecule has 0 spiro atoms. The van der Waals surface area contributed by atoms with E-state index in [1.165, 1.54) is 11.3 Å². The minimum atomic E-state index is -0.621. The van der Waals surface area contributed by atoms with Crippen LogP contribution in [0.5, 0.6) is 0 Å². The maximum atomic E-state index is 11.6. The molecule has 1 heterocycles. The number of thiazole rings is 1. The van der Waals surface area contributed by atoms with Gasteiger partial charge in [-0.3, -0.25) is 4.79 Å². The highest BCUT2D eigenvalue weighted by Crippen LogP contribution is 2.33. The lowest BCUT2D eigenvalue weighted by atomic mass is 10.2. The largest absolute Gasteiger partial charge is 0.317 e. The summed E-state index contributed by atoms with van der Waals surface area (Å²) in [6, 6.07) is 0. The molecule has 4 nitrogen and oxygen atoms in total. The molecule has 1 amide bonds. The molecular formula is C10H15N3OS. The van der Waals surface area contributed by atoms with Crippen LogP contribution >= 0.6 is 11.3 Å². The third-order valence-electron chi connectivity index (χ3n) is 2.57. The van der Waals surface area contributed by atoms with Gasteiger partial charge in [-0.25, -0.2) is 4.98 Å². The molecule has 5 heteroatoms. The molecule has 0 atom stereocenters. The molecular weight excluding hydrogens is 210 g/mol. The van der Waals surface area contributed by atoms with Gasteiger partial charge in [0.15, 0.2) is 5.13 Å². The summed E-state index contributed by atoms with van der Waals surface area (Å²) in [4.78, 5) is 15.9. The predicted octanol–water partition coefficient (Wildman–Crippen LogP) is 1.70. The smallest absolute Gasteiger partial charge is 0.246 e. The standard InChI is InChI=1S/C10H15N3OS/c1-6(2)7-5-15-9(12-7)13-8(14)10(11)3-4-10/h5-6H,3-4,11H2,1-2H3,(H,12,13,14). The van der Waals surface area contributed by atoms with Crippen molar-refractivity contribution in [2.75, 3.05) is 5.32 Å². The molecule has 1 aromatic rings. The van der Waals surface area contributed by atoms with E-state index in [9.17, 15) is 4.79 Å². The average molecular weight is 225 g/mol. The van der Waals surface area contributed by atoms with Crippen molar-refractivity contribution in [3.8, 4) is 0 Å². The number of amides is 1. The van der Waals surface area contributed by atoms with Crippen LogP contribution in [0.25, 0.3) is 0 Å². The Hall–Kier alpha value is -0.940. The summed E-state index contributed by atoms with van der Waals surface area (Å²) < 4.78 is 0. The molecule has 0 aliphatic heterocycles. The molecule has 0 unspecified atom stereocenters. The molecule has 82 valence electrons. The van der Waals surface area contributed by atoms with Crippen LogP contribution in [0.2, 0.25) is 0 Å². The average Bonchev–Trinajstić information content (AvgIpc) is 2.76. The normalized spacial score (nSPS) is 17.9. The van der Waals surface area contributed by atoms with E-state index in [4.69, 9.17) is 5.73 Å². The van der Waals surface area contributed by atoms with Gasteiger partial charge in [-0.1, -0.05) is 13.8 Å². The maximum absolute atomic E-state index is 11.6. The second kappa shape index (κ2) is 3.57. The Morgan fingerprint density at radius 1 is 1.67 bits per heavy atom. The summed E-state index contributed by atoms with van der Waals surface area (Å²) in [7, 11) is 0. The summed E-state index contributed by atoms with van der Waals surface area (Å²) in [6.07, 6.45) is 1.56. The third kappa shape index (κ3) is 2.18. The molecule has 15 heavy (non-hydrogen) atoms. The Bertz CT molecular complexity index is 382. The lowest BCUT2D eigenvalue weighted by molar-refractivity contribution is -0.118. The first-order valence-corrected chi connectivity index (χ1v) is 5.95. The van der Waals surface area contributed by atoms with Crippen molar-refractivity contribution < 1.29 is 4.79 Å². The van der Waals surface area contributed by atoms with Gasteiger partial charge in [0, 0.05) is 5.38 Å². The van der Waals surface area contributed by atoms with E-state index in [1.807, 2.05) is 5.38 Å². The second-order valence-electron chi connectivity index (χ2n) is 4.34. The molecule has 0 aromatic carbocycles. The molecule has 1 aromatic heterocycles. The van der Waals surface area contributed by atoms with E-state index >= 15 is 0 Å². The van der Waals surface area contributed by atoms with Gasteiger partial charge >= 0.3 is 0 Å². The van der Waals surface area contributed by atoms with Gasteiger partial charge in [0.2, 0.25) is 5.91 Å². The van der Waals surface area contributed by atoms with E-state index in [0.29, 0.717) is 11.0 Å². The molecule has 0 bridgehead atoms. The van der Waals surface area contributed by atoms with Crippen molar-refractivity contribution in [3.05, 3.63) is 11.1 Å². The Kier molecular flexibility index (Phi) is 2.52. The van der Waals surface area contributed by atoms with Crippen LogP contribution in [0, 0.1) is 0 Å². The zero-order chi connectivity index (χ0) is 11.1. The van der Waals surface area contributed by atoms with Crippen molar-refractivity contribution in [1.82, 2.24) is 4.98 Å². The molecule has 0 saturated heterocycles. The van der Waals surface area contributed by atoms with Gasteiger partial charge in [0.25, 0.3) is 0 Å². The minimum absolute atomic E-state index is 0.104. The van der Waals surface area contributed by atoms with Crippen LogP contribution < -0.4 is 11.1 Å². The maximum Gasteiger partial charge on any atom is 0.246 e. The van der Waals surface area contributed by atoms with Crippen LogP contribution in [0.3, 0.4) is 0 Å². The van der Waals surface area contributed by atoms with Crippen molar-refractivity contribution in [3.63, 3.8) is 0 Å². The lowest BCUT2D eigenvalue weighted by Crippen LogP contribution is -2.37. The first-order valence-electron chi connectivity index (χ1n) is 5.07. The number of nitrogens with zero attached hydrogens (tertiary/aromatic N) is 1. The lowest BCUT2D eigenvalue weighted by Gasteiger charge is -2.06. The molecule has 1 aliphatic carbocycles. The minimum Gasteiger partial charge on any atom is -0.317 e. The fourth-order valence-corrected chi connectivity index (χ4v) is 2.06. The van der Waals surface area contributed by atoms with Gasteiger partial charge in [-0.2, -0.15) is 0 Å². The summed E-state index contributed by atoms with van der Waals surface area (Å²) >= 11 is 1.45. The second-order valence-corrected chi connectivity index (χ2v) is 5.20. The van der Waals surface area contributed by atoms with Gasteiger partial charge in [0.1, 0.15) is 0 Å². The number of carbonyl (C=O) groups is 1. The fourth-order valence-electron chi connectivity index (χ4n) is 1.19. The molecule has 1 saturated carbocycles. The summed E-state index contributed by atoms with van der Waals surface area (Å²) in [5.74, 6) is 0.284. The zero-order valence-electron chi connectivity index (χ0n) is 8.91. The van der Waals surface area contributed by atoms with Crippen molar-refractivity contribution >= 4 is 22.4 Å². The van der Waals surface area contributed by atoms with Crippen LogP contribution in [0.15, 0.2) is 5.38 Å². The van der Waals surface area contributed by atoms with E-state index in [1.54, 1.807) is 0 Å². The number of nitrogens with two attached hydrogens (primary N) is 1. The summed E-state index contributed by atoms with van der Waals surface area (Å²) in [5, 5.41) is 5.38. The zero-order valence-corrected chi connectivity index (χ0v) is 9.73. The molecule has 1 aliphatic rings. The Morgan fingerprint density at radius 2 is 2.33 bits per heavy atom. The van der Waals surface area contributed by atoms with Gasteiger partial charge in [-0.05, 0) is 18.8 Å². The van der Waals surface area contributed by atoms with Crippen LogP contribution in [-0.2, 0) is 4.79 Å². The first kappa shape index (κ1) is 10.6. The van der Waals surface area contributed by atoms with Crippen LogP contribution in [0.1, 0.15) is 38.3 Å². The summed E-state index contributed by atoms with van der Waals surface area (Å²) in [5.41, 5.74) is 6.16. The fraction of sp³-hybridized carbons (Fsp3) is 0.600. The Labute approximate surface area is 92.9 Å². The number of nitrogens with one attached hydrogen (secondary N) is 1. The number of hydrogen-bond donors (Lipinski definition) is 2. The monoisotopic (exact) mass is 225 g/mol. The quantitative estimate of drug-likeness (QED) is 0.822. The van der Waals surface area contributed by atoms with Gasteiger partial charge < -0.3 is 11.1 Å².